The van der Waals surface area contributed by atoms with Crippen LogP contribution < -0.4 is 5.32 Å². The average molecular weight is 295 g/mol. The van der Waals surface area contributed by atoms with Gasteiger partial charge < -0.3 is 5.32 Å². The molecule has 4 heteroatoms. The molecule has 0 bridgehead atoms. The third-order valence-corrected chi connectivity index (χ3v) is 5.14. The van der Waals surface area contributed by atoms with Crippen molar-refractivity contribution in [1.82, 2.24) is 15.2 Å². The predicted molar refractivity (Wildman–Crippen MR) is 87.0 cm³/mol. The third-order valence-electron chi connectivity index (χ3n) is 4.25. The van der Waals surface area contributed by atoms with Gasteiger partial charge in [-0.3, -0.25) is 4.90 Å². The van der Waals surface area contributed by atoms with Crippen molar-refractivity contribution in [2.75, 3.05) is 13.6 Å². The first-order valence-corrected chi connectivity index (χ1v) is 8.91. The Morgan fingerprint density at radius 2 is 2.30 bits per heavy atom. The van der Waals surface area contributed by atoms with Crippen LogP contribution in [0.5, 0.6) is 0 Å². The van der Waals surface area contributed by atoms with Gasteiger partial charge >= 0.3 is 0 Å². The molecule has 0 radical (unpaired) electrons. The van der Waals surface area contributed by atoms with E-state index in [-0.39, 0.29) is 0 Å². The van der Waals surface area contributed by atoms with E-state index in [1.54, 1.807) is 11.3 Å². The minimum absolute atomic E-state index is 0.752. The molecule has 0 spiro atoms. The van der Waals surface area contributed by atoms with Crippen molar-refractivity contribution in [2.45, 2.75) is 65.1 Å². The Labute approximate surface area is 127 Å². The molecule has 1 aliphatic rings. The van der Waals surface area contributed by atoms with E-state index in [9.17, 15) is 0 Å². The number of rotatable bonds is 7. The third kappa shape index (κ3) is 4.83. The van der Waals surface area contributed by atoms with Gasteiger partial charge in [0.05, 0.1) is 5.69 Å². The van der Waals surface area contributed by atoms with Crippen molar-refractivity contribution in [3.63, 3.8) is 0 Å². The average Bonchev–Trinajstić information content (AvgIpc) is 2.86. The molecule has 0 aromatic carbocycles. The molecule has 114 valence electrons. The molecule has 0 amide bonds. The largest absolute Gasteiger partial charge is 0.310 e. The van der Waals surface area contributed by atoms with Crippen LogP contribution in [0.4, 0.5) is 0 Å². The summed E-state index contributed by atoms with van der Waals surface area (Å²) in [4.78, 5) is 7.26. The zero-order valence-electron chi connectivity index (χ0n) is 13.2. The molecule has 1 heterocycles. The van der Waals surface area contributed by atoms with Crippen LogP contribution in [0.1, 0.15) is 56.7 Å². The van der Waals surface area contributed by atoms with Gasteiger partial charge in [-0.05, 0) is 38.8 Å². The van der Waals surface area contributed by atoms with E-state index >= 15 is 0 Å². The molecule has 1 fully saturated rings. The molecule has 2 rings (SSSR count). The van der Waals surface area contributed by atoms with E-state index in [1.165, 1.54) is 42.8 Å². The van der Waals surface area contributed by atoms with Gasteiger partial charge in [0, 0.05) is 24.5 Å². The van der Waals surface area contributed by atoms with E-state index < -0.39 is 0 Å². The van der Waals surface area contributed by atoms with Crippen molar-refractivity contribution < 1.29 is 0 Å². The molecular weight excluding hydrogens is 266 g/mol. The Kier molecular flexibility index (Phi) is 6.46. The van der Waals surface area contributed by atoms with Crippen LogP contribution in [-0.4, -0.2) is 29.5 Å². The minimum atomic E-state index is 0.752. The van der Waals surface area contributed by atoms with Crippen LogP contribution in [0.15, 0.2) is 5.38 Å². The normalized spacial score (nSPS) is 23.4. The molecule has 20 heavy (non-hydrogen) atoms. The molecule has 0 aliphatic heterocycles. The maximum absolute atomic E-state index is 4.75. The zero-order chi connectivity index (χ0) is 14.4. The Bertz CT molecular complexity index is 391. The summed E-state index contributed by atoms with van der Waals surface area (Å²) in [5, 5.41) is 6.87. The zero-order valence-corrected chi connectivity index (χ0v) is 14.0. The van der Waals surface area contributed by atoms with Gasteiger partial charge in [0.1, 0.15) is 5.01 Å². The number of hydrogen-bond acceptors (Lipinski definition) is 4. The number of hydrogen-bond donors (Lipinski definition) is 1. The summed E-state index contributed by atoms with van der Waals surface area (Å²) in [5.41, 5.74) is 1.24. The molecule has 1 saturated carbocycles. The fourth-order valence-corrected chi connectivity index (χ4v) is 3.82. The topological polar surface area (TPSA) is 28.2 Å². The summed E-state index contributed by atoms with van der Waals surface area (Å²) in [6.07, 6.45) is 6.69. The fraction of sp³-hybridized carbons (Fsp3) is 0.812. The standard InChI is InChI=1S/C16H29N3S/c1-4-8-17-10-16-18-14(12-20-16)11-19(3)15-7-5-6-13(2)9-15/h12-13,15,17H,4-11H2,1-3H3. The van der Waals surface area contributed by atoms with E-state index in [1.807, 2.05) is 0 Å². The predicted octanol–water partition coefficient (Wildman–Crippen LogP) is 3.65. The lowest BCUT2D eigenvalue weighted by Crippen LogP contribution is -2.35. The van der Waals surface area contributed by atoms with Gasteiger partial charge in [0.2, 0.25) is 0 Å². The summed E-state index contributed by atoms with van der Waals surface area (Å²) < 4.78 is 0. The lowest BCUT2D eigenvalue weighted by atomic mass is 9.86. The summed E-state index contributed by atoms with van der Waals surface area (Å²) in [6.45, 7) is 7.58. The molecule has 2 unspecified atom stereocenters. The van der Waals surface area contributed by atoms with Gasteiger partial charge in [-0.25, -0.2) is 4.98 Å². The monoisotopic (exact) mass is 295 g/mol. The van der Waals surface area contributed by atoms with Gasteiger partial charge in [-0.2, -0.15) is 0 Å². The first-order chi connectivity index (χ1) is 9.69. The number of nitrogens with one attached hydrogen (secondary N) is 1. The van der Waals surface area contributed by atoms with E-state index in [0.717, 1.165) is 31.6 Å². The summed E-state index contributed by atoms with van der Waals surface area (Å²) in [7, 11) is 2.26. The summed E-state index contributed by atoms with van der Waals surface area (Å²) in [6, 6.07) is 0.752. The first-order valence-electron chi connectivity index (χ1n) is 8.03. The van der Waals surface area contributed by atoms with Crippen LogP contribution in [0.3, 0.4) is 0 Å². The van der Waals surface area contributed by atoms with E-state index in [2.05, 4.69) is 36.5 Å². The Balaban J connectivity index is 1.80. The van der Waals surface area contributed by atoms with Crippen LogP contribution in [0.25, 0.3) is 0 Å². The van der Waals surface area contributed by atoms with Gasteiger partial charge in [0.25, 0.3) is 0 Å². The molecular formula is C16H29N3S. The maximum Gasteiger partial charge on any atom is 0.107 e. The quantitative estimate of drug-likeness (QED) is 0.778. The minimum Gasteiger partial charge on any atom is -0.310 e. The molecule has 1 aromatic rings. The second kappa shape index (κ2) is 8.11. The Morgan fingerprint density at radius 3 is 3.05 bits per heavy atom. The van der Waals surface area contributed by atoms with Crippen molar-refractivity contribution in [2.24, 2.45) is 5.92 Å². The Hall–Kier alpha value is -0.450. The van der Waals surface area contributed by atoms with Crippen LogP contribution in [-0.2, 0) is 13.1 Å². The molecule has 1 N–H and O–H groups in total. The van der Waals surface area contributed by atoms with Crippen LogP contribution in [0.2, 0.25) is 0 Å². The van der Waals surface area contributed by atoms with Crippen LogP contribution in [0, 0.1) is 5.92 Å². The highest BCUT2D eigenvalue weighted by Crippen LogP contribution is 2.27. The molecule has 1 aliphatic carbocycles. The van der Waals surface area contributed by atoms with Crippen molar-refractivity contribution >= 4 is 11.3 Å². The lowest BCUT2D eigenvalue weighted by molar-refractivity contribution is 0.156. The van der Waals surface area contributed by atoms with Crippen molar-refractivity contribution in [3.05, 3.63) is 16.1 Å². The fourth-order valence-electron chi connectivity index (χ4n) is 3.06. The van der Waals surface area contributed by atoms with Crippen molar-refractivity contribution in [1.29, 1.82) is 0 Å². The van der Waals surface area contributed by atoms with Crippen LogP contribution >= 0.6 is 11.3 Å². The number of thiazole rings is 1. The summed E-state index contributed by atoms with van der Waals surface area (Å²) >= 11 is 1.79. The smallest absolute Gasteiger partial charge is 0.107 e. The van der Waals surface area contributed by atoms with Gasteiger partial charge in [-0.15, -0.1) is 11.3 Å². The first kappa shape index (κ1) is 15.9. The molecule has 1 aromatic heterocycles. The summed E-state index contributed by atoms with van der Waals surface area (Å²) in [5.74, 6) is 0.889. The second-order valence-electron chi connectivity index (χ2n) is 6.25. The highest BCUT2D eigenvalue weighted by atomic mass is 32.1. The molecule has 3 nitrogen and oxygen atoms in total. The highest BCUT2D eigenvalue weighted by molar-refractivity contribution is 7.09. The van der Waals surface area contributed by atoms with Crippen molar-refractivity contribution in [3.8, 4) is 0 Å². The lowest BCUT2D eigenvalue weighted by Gasteiger charge is -2.33. The maximum atomic E-state index is 4.75. The van der Waals surface area contributed by atoms with E-state index in [0.29, 0.717) is 0 Å². The van der Waals surface area contributed by atoms with Gasteiger partial charge in [0.15, 0.2) is 0 Å². The van der Waals surface area contributed by atoms with E-state index in [4.69, 9.17) is 4.98 Å². The second-order valence-corrected chi connectivity index (χ2v) is 7.19. The SMILES string of the molecule is CCCNCc1nc(CN(C)C2CCCC(C)C2)cs1. The number of aromatic nitrogens is 1. The Morgan fingerprint density at radius 1 is 1.45 bits per heavy atom. The number of nitrogens with zero attached hydrogens (tertiary/aromatic N) is 2. The molecule has 0 saturated heterocycles. The highest BCUT2D eigenvalue weighted by Gasteiger charge is 2.22. The van der Waals surface area contributed by atoms with Gasteiger partial charge in [-0.1, -0.05) is 26.7 Å². The molecule has 2 atom stereocenters.